The number of aliphatic hydroxyl groups is 3. The highest BCUT2D eigenvalue weighted by molar-refractivity contribution is 7.92. The highest BCUT2D eigenvalue weighted by Gasteiger charge is 2.22. The van der Waals surface area contributed by atoms with Gasteiger partial charge in [0.1, 0.15) is 6.10 Å². The lowest BCUT2D eigenvalue weighted by molar-refractivity contribution is 0.00410. The summed E-state index contributed by atoms with van der Waals surface area (Å²) in [6, 6.07) is 5.90. The van der Waals surface area contributed by atoms with E-state index in [1.807, 2.05) is 0 Å². The molecule has 6 heteroatoms. The van der Waals surface area contributed by atoms with Gasteiger partial charge in [-0.2, -0.15) is 0 Å². The van der Waals surface area contributed by atoms with Crippen molar-refractivity contribution in [2.75, 3.05) is 6.61 Å². The predicted molar refractivity (Wildman–Crippen MR) is 71.4 cm³/mol. The minimum Gasteiger partial charge on any atom is -0.396 e. The van der Waals surface area contributed by atoms with E-state index in [1.54, 1.807) is 19.9 Å². The Morgan fingerprint density at radius 1 is 1.21 bits per heavy atom. The largest absolute Gasteiger partial charge is 0.396 e. The number of sulfone groups is 1. The SMILES string of the molecule is CC(C)S(=O)(=O)c1cccc(C(O)C(O)CCO)c1. The van der Waals surface area contributed by atoms with Gasteiger partial charge in [0.2, 0.25) is 0 Å². The highest BCUT2D eigenvalue weighted by atomic mass is 32.2. The first kappa shape index (κ1) is 16.1. The highest BCUT2D eigenvalue weighted by Crippen LogP contribution is 2.23. The van der Waals surface area contributed by atoms with Crippen LogP contribution in [0.4, 0.5) is 0 Å². The first-order valence-corrected chi connectivity index (χ1v) is 7.66. The maximum atomic E-state index is 12.0. The third-order valence-electron chi connectivity index (χ3n) is 2.94. The monoisotopic (exact) mass is 288 g/mol. The van der Waals surface area contributed by atoms with E-state index in [9.17, 15) is 18.6 Å². The van der Waals surface area contributed by atoms with Crippen molar-refractivity contribution in [3.05, 3.63) is 29.8 Å². The molecule has 1 aromatic carbocycles. The van der Waals surface area contributed by atoms with Crippen LogP contribution in [0.2, 0.25) is 0 Å². The second-order valence-corrected chi connectivity index (χ2v) is 7.19. The van der Waals surface area contributed by atoms with Gasteiger partial charge in [0.15, 0.2) is 9.84 Å². The third kappa shape index (κ3) is 3.76. The summed E-state index contributed by atoms with van der Waals surface area (Å²) >= 11 is 0. The summed E-state index contributed by atoms with van der Waals surface area (Å²) in [7, 11) is -3.41. The van der Waals surface area contributed by atoms with Crippen LogP contribution in [-0.2, 0) is 9.84 Å². The molecular formula is C13H20O5S. The number of aliphatic hydroxyl groups excluding tert-OH is 3. The summed E-state index contributed by atoms with van der Waals surface area (Å²) in [5, 5.41) is 27.7. The van der Waals surface area contributed by atoms with Crippen molar-refractivity contribution in [2.45, 2.75) is 42.6 Å². The van der Waals surface area contributed by atoms with Gasteiger partial charge >= 0.3 is 0 Å². The minimum absolute atomic E-state index is 0.0301. The first-order chi connectivity index (χ1) is 8.80. The molecule has 0 aliphatic carbocycles. The van der Waals surface area contributed by atoms with Crippen LogP contribution < -0.4 is 0 Å². The number of hydrogen-bond acceptors (Lipinski definition) is 5. The quantitative estimate of drug-likeness (QED) is 0.714. The Hall–Kier alpha value is -0.950. The number of hydrogen-bond donors (Lipinski definition) is 3. The molecular weight excluding hydrogens is 268 g/mol. The van der Waals surface area contributed by atoms with Gasteiger partial charge in [-0.3, -0.25) is 0 Å². The molecule has 0 aliphatic heterocycles. The molecule has 3 N–H and O–H groups in total. The molecule has 0 spiro atoms. The molecule has 0 saturated heterocycles. The first-order valence-electron chi connectivity index (χ1n) is 6.11. The van der Waals surface area contributed by atoms with Crippen LogP contribution in [0.5, 0.6) is 0 Å². The van der Waals surface area contributed by atoms with Gasteiger partial charge in [-0.05, 0) is 38.0 Å². The fourth-order valence-corrected chi connectivity index (χ4v) is 2.77. The fourth-order valence-electron chi connectivity index (χ4n) is 1.66. The fraction of sp³-hybridized carbons (Fsp3) is 0.538. The van der Waals surface area contributed by atoms with Crippen LogP contribution in [0.25, 0.3) is 0 Å². The van der Waals surface area contributed by atoms with Gasteiger partial charge < -0.3 is 15.3 Å². The Morgan fingerprint density at radius 3 is 2.37 bits per heavy atom. The second-order valence-electron chi connectivity index (χ2n) is 4.69. The van der Waals surface area contributed by atoms with Gasteiger partial charge in [-0.1, -0.05) is 12.1 Å². The normalized spacial score (nSPS) is 15.5. The van der Waals surface area contributed by atoms with Crippen LogP contribution in [0.15, 0.2) is 29.2 Å². The van der Waals surface area contributed by atoms with Crippen molar-refractivity contribution in [1.29, 1.82) is 0 Å². The van der Waals surface area contributed by atoms with Crippen LogP contribution in [0.3, 0.4) is 0 Å². The predicted octanol–water partition coefficient (Wildman–Crippen LogP) is 0.645. The standard InChI is InChI=1S/C13H20O5S/c1-9(2)19(17,18)11-5-3-4-10(8-11)13(16)12(15)6-7-14/h3-5,8-9,12-16H,6-7H2,1-2H3. The maximum absolute atomic E-state index is 12.0. The molecule has 0 aromatic heterocycles. The summed E-state index contributed by atoms with van der Waals surface area (Å²) in [5.41, 5.74) is 0.322. The van der Waals surface area contributed by atoms with Crippen LogP contribution >= 0.6 is 0 Å². The number of benzene rings is 1. The van der Waals surface area contributed by atoms with Crippen LogP contribution in [0, 0.1) is 0 Å². The topological polar surface area (TPSA) is 94.8 Å². The van der Waals surface area contributed by atoms with Crippen molar-refractivity contribution in [1.82, 2.24) is 0 Å². The molecule has 0 amide bonds. The molecule has 0 radical (unpaired) electrons. The zero-order valence-electron chi connectivity index (χ0n) is 11.0. The van der Waals surface area contributed by atoms with Gasteiger partial charge in [0, 0.05) is 6.61 Å². The van der Waals surface area contributed by atoms with Crippen LogP contribution in [0.1, 0.15) is 31.9 Å². The molecule has 5 nitrogen and oxygen atoms in total. The minimum atomic E-state index is -3.41. The van der Waals surface area contributed by atoms with E-state index < -0.39 is 27.3 Å². The van der Waals surface area contributed by atoms with E-state index in [2.05, 4.69) is 0 Å². The zero-order chi connectivity index (χ0) is 14.6. The van der Waals surface area contributed by atoms with Gasteiger partial charge in [0.25, 0.3) is 0 Å². The zero-order valence-corrected chi connectivity index (χ0v) is 11.8. The van der Waals surface area contributed by atoms with Crippen molar-refractivity contribution in [2.24, 2.45) is 0 Å². The lowest BCUT2D eigenvalue weighted by Gasteiger charge is -2.18. The van der Waals surface area contributed by atoms with Crippen molar-refractivity contribution in [3.8, 4) is 0 Å². The Kier molecular flexibility index (Phi) is 5.49. The molecule has 2 unspecified atom stereocenters. The van der Waals surface area contributed by atoms with E-state index in [1.165, 1.54) is 18.2 Å². The maximum Gasteiger partial charge on any atom is 0.180 e. The van der Waals surface area contributed by atoms with Gasteiger partial charge in [0.05, 0.1) is 16.2 Å². The summed E-state index contributed by atoms with van der Waals surface area (Å²) in [4.78, 5) is 0.121. The molecule has 2 atom stereocenters. The Labute approximate surface area is 113 Å². The molecule has 1 aromatic rings. The summed E-state index contributed by atoms with van der Waals surface area (Å²) in [6.45, 7) is 2.92. The molecule has 0 heterocycles. The number of rotatable bonds is 6. The molecule has 0 saturated carbocycles. The molecule has 108 valence electrons. The van der Waals surface area contributed by atoms with Crippen molar-refractivity contribution < 1.29 is 23.7 Å². The summed E-state index contributed by atoms with van der Waals surface area (Å²) < 4.78 is 24.0. The third-order valence-corrected chi connectivity index (χ3v) is 5.09. The smallest absolute Gasteiger partial charge is 0.180 e. The molecule has 0 fully saturated rings. The lowest BCUT2D eigenvalue weighted by atomic mass is 10.0. The average molecular weight is 288 g/mol. The van der Waals surface area contributed by atoms with E-state index in [4.69, 9.17) is 5.11 Å². The van der Waals surface area contributed by atoms with E-state index in [-0.39, 0.29) is 17.9 Å². The van der Waals surface area contributed by atoms with Crippen LogP contribution in [-0.4, -0.2) is 41.7 Å². The van der Waals surface area contributed by atoms with Crippen molar-refractivity contribution in [3.63, 3.8) is 0 Å². The Balaban J connectivity index is 3.08. The Bertz CT molecular complexity index is 510. The average Bonchev–Trinajstić information content (AvgIpc) is 2.38. The molecule has 19 heavy (non-hydrogen) atoms. The van der Waals surface area contributed by atoms with E-state index in [0.717, 1.165) is 0 Å². The molecule has 0 aliphatic rings. The second kappa shape index (κ2) is 6.47. The summed E-state index contributed by atoms with van der Waals surface area (Å²) in [5.74, 6) is 0. The van der Waals surface area contributed by atoms with Gasteiger partial charge in [-0.15, -0.1) is 0 Å². The van der Waals surface area contributed by atoms with E-state index in [0.29, 0.717) is 5.56 Å². The van der Waals surface area contributed by atoms with Crippen molar-refractivity contribution >= 4 is 9.84 Å². The van der Waals surface area contributed by atoms with E-state index >= 15 is 0 Å². The van der Waals surface area contributed by atoms with Gasteiger partial charge in [-0.25, -0.2) is 8.42 Å². The molecule has 1 rings (SSSR count). The molecule has 0 bridgehead atoms. The lowest BCUT2D eigenvalue weighted by Crippen LogP contribution is -2.20. The Morgan fingerprint density at radius 2 is 1.84 bits per heavy atom. The summed E-state index contributed by atoms with van der Waals surface area (Å²) in [6.07, 6.45) is -2.31.